The van der Waals surface area contributed by atoms with Crippen LogP contribution in [0.3, 0.4) is 0 Å². The first-order valence-electron chi connectivity index (χ1n) is 6.85. The second-order valence-electron chi connectivity index (χ2n) is 5.63. The number of carbonyl (C=O) groups is 1. The molecule has 5 nitrogen and oxygen atoms in total. The molecule has 3 rings (SSSR count). The Hall–Kier alpha value is -1.65. The summed E-state index contributed by atoms with van der Waals surface area (Å²) in [7, 11) is 0. The van der Waals surface area contributed by atoms with Gasteiger partial charge in [0.1, 0.15) is 5.60 Å². The predicted molar refractivity (Wildman–Crippen MR) is 71.0 cm³/mol. The van der Waals surface area contributed by atoms with Crippen LogP contribution < -0.4 is 4.90 Å². The van der Waals surface area contributed by atoms with Gasteiger partial charge >= 0.3 is 5.97 Å². The Morgan fingerprint density at radius 3 is 2.63 bits per heavy atom. The number of anilines is 1. The van der Waals surface area contributed by atoms with Crippen molar-refractivity contribution in [3.8, 4) is 0 Å². The van der Waals surface area contributed by atoms with Crippen LogP contribution in [0.15, 0.2) is 6.07 Å². The molecule has 2 fully saturated rings. The minimum atomic E-state index is -0.295. The third-order valence-electron chi connectivity index (χ3n) is 3.91. The van der Waals surface area contributed by atoms with Gasteiger partial charge in [-0.2, -0.15) is 0 Å². The second kappa shape index (κ2) is 4.47. The van der Waals surface area contributed by atoms with Gasteiger partial charge in [-0.3, -0.25) is 4.79 Å². The van der Waals surface area contributed by atoms with Gasteiger partial charge in [0.25, 0.3) is 0 Å². The zero-order valence-corrected chi connectivity index (χ0v) is 11.5. The molecular formula is C14H19N3O2. The number of ether oxygens (including phenoxy) is 1. The van der Waals surface area contributed by atoms with Crippen molar-refractivity contribution in [2.45, 2.75) is 45.1 Å². The molecule has 0 N–H and O–H groups in total. The summed E-state index contributed by atoms with van der Waals surface area (Å²) in [5.41, 5.74) is 1.66. The van der Waals surface area contributed by atoms with Gasteiger partial charge in [0.15, 0.2) is 0 Å². The average Bonchev–Trinajstić information content (AvgIpc) is 2.69. The van der Waals surface area contributed by atoms with Crippen LogP contribution in [0, 0.1) is 13.8 Å². The van der Waals surface area contributed by atoms with E-state index in [0.717, 1.165) is 49.7 Å². The monoisotopic (exact) mass is 261 g/mol. The van der Waals surface area contributed by atoms with Crippen LogP contribution in [-0.4, -0.2) is 34.6 Å². The van der Waals surface area contributed by atoms with E-state index < -0.39 is 0 Å². The van der Waals surface area contributed by atoms with Crippen LogP contribution in [0.5, 0.6) is 0 Å². The molecule has 0 bridgehead atoms. The van der Waals surface area contributed by atoms with E-state index in [4.69, 9.17) is 4.74 Å². The third kappa shape index (κ3) is 2.41. The SMILES string of the molecule is Cc1cc(C)nc(N2CCC[C@]3(CCC(=O)O3)C2)n1. The molecule has 2 aliphatic heterocycles. The predicted octanol–water partition coefficient (Wildman–Crippen LogP) is 1.77. The van der Waals surface area contributed by atoms with Gasteiger partial charge < -0.3 is 9.64 Å². The van der Waals surface area contributed by atoms with Gasteiger partial charge in [-0.1, -0.05) is 0 Å². The molecule has 19 heavy (non-hydrogen) atoms. The number of hydrogen-bond donors (Lipinski definition) is 0. The van der Waals surface area contributed by atoms with Crippen LogP contribution >= 0.6 is 0 Å². The summed E-state index contributed by atoms with van der Waals surface area (Å²) in [6.45, 7) is 5.62. The molecule has 0 aliphatic carbocycles. The fourth-order valence-corrected chi connectivity index (χ4v) is 3.08. The van der Waals surface area contributed by atoms with E-state index in [2.05, 4.69) is 14.9 Å². The summed E-state index contributed by atoms with van der Waals surface area (Å²) < 4.78 is 5.57. The van der Waals surface area contributed by atoms with Crippen molar-refractivity contribution in [1.82, 2.24) is 9.97 Å². The molecule has 1 aromatic rings. The van der Waals surface area contributed by atoms with Crippen molar-refractivity contribution >= 4 is 11.9 Å². The van der Waals surface area contributed by atoms with Crippen molar-refractivity contribution < 1.29 is 9.53 Å². The number of aryl methyl sites for hydroxylation is 2. The van der Waals surface area contributed by atoms with E-state index in [0.29, 0.717) is 6.42 Å². The Balaban J connectivity index is 1.83. The summed E-state index contributed by atoms with van der Waals surface area (Å²) in [5, 5.41) is 0. The first-order chi connectivity index (χ1) is 9.06. The minimum Gasteiger partial charge on any atom is -0.457 e. The third-order valence-corrected chi connectivity index (χ3v) is 3.91. The van der Waals surface area contributed by atoms with Crippen LogP contribution in [0.1, 0.15) is 37.1 Å². The quantitative estimate of drug-likeness (QED) is 0.721. The Morgan fingerprint density at radius 1 is 1.26 bits per heavy atom. The number of nitrogens with zero attached hydrogens (tertiary/aromatic N) is 3. The van der Waals surface area contributed by atoms with Crippen molar-refractivity contribution in [2.24, 2.45) is 0 Å². The smallest absolute Gasteiger partial charge is 0.306 e. The molecule has 2 aliphatic rings. The Bertz CT molecular complexity index is 497. The van der Waals surface area contributed by atoms with Crippen LogP contribution in [0.25, 0.3) is 0 Å². The highest BCUT2D eigenvalue weighted by Gasteiger charge is 2.44. The van der Waals surface area contributed by atoms with Crippen LogP contribution in [0.4, 0.5) is 5.95 Å². The number of rotatable bonds is 1. The number of piperidine rings is 1. The van der Waals surface area contributed by atoms with E-state index in [1.807, 2.05) is 19.9 Å². The molecule has 1 atom stereocenters. The lowest BCUT2D eigenvalue weighted by atomic mass is 9.90. The number of hydrogen-bond acceptors (Lipinski definition) is 5. The van der Waals surface area contributed by atoms with Gasteiger partial charge in [0, 0.05) is 24.4 Å². The van der Waals surface area contributed by atoms with Crippen molar-refractivity contribution in [2.75, 3.05) is 18.0 Å². The molecule has 102 valence electrons. The summed E-state index contributed by atoms with van der Waals surface area (Å²) in [6.07, 6.45) is 3.35. The lowest BCUT2D eigenvalue weighted by Gasteiger charge is -2.39. The Kier molecular flexibility index (Phi) is 2.92. The number of carbonyl (C=O) groups excluding carboxylic acids is 1. The molecule has 0 unspecified atom stereocenters. The maximum Gasteiger partial charge on any atom is 0.306 e. The average molecular weight is 261 g/mol. The van der Waals surface area contributed by atoms with E-state index in [9.17, 15) is 4.79 Å². The fourth-order valence-electron chi connectivity index (χ4n) is 3.08. The molecule has 3 heterocycles. The first kappa shape index (κ1) is 12.4. The van der Waals surface area contributed by atoms with Crippen molar-refractivity contribution in [3.05, 3.63) is 17.5 Å². The zero-order chi connectivity index (χ0) is 13.5. The molecule has 5 heteroatoms. The highest BCUT2D eigenvalue weighted by atomic mass is 16.6. The van der Waals surface area contributed by atoms with E-state index >= 15 is 0 Å². The normalized spacial score (nSPS) is 26.8. The molecular weight excluding hydrogens is 242 g/mol. The molecule has 1 spiro atoms. The Morgan fingerprint density at radius 2 is 2.00 bits per heavy atom. The van der Waals surface area contributed by atoms with Crippen molar-refractivity contribution in [3.63, 3.8) is 0 Å². The zero-order valence-electron chi connectivity index (χ0n) is 11.5. The fraction of sp³-hybridized carbons (Fsp3) is 0.643. The highest BCUT2D eigenvalue weighted by Crippen LogP contribution is 2.36. The summed E-state index contributed by atoms with van der Waals surface area (Å²) >= 11 is 0. The lowest BCUT2D eigenvalue weighted by molar-refractivity contribution is -0.148. The van der Waals surface area contributed by atoms with Gasteiger partial charge in [-0.15, -0.1) is 0 Å². The number of aromatic nitrogens is 2. The first-order valence-corrected chi connectivity index (χ1v) is 6.85. The van der Waals surface area contributed by atoms with Gasteiger partial charge in [0.05, 0.1) is 6.54 Å². The second-order valence-corrected chi connectivity index (χ2v) is 5.63. The van der Waals surface area contributed by atoms with Gasteiger partial charge in [0.2, 0.25) is 5.95 Å². The molecule has 0 saturated carbocycles. The molecule has 2 saturated heterocycles. The van der Waals surface area contributed by atoms with Crippen LogP contribution in [-0.2, 0) is 9.53 Å². The highest BCUT2D eigenvalue weighted by molar-refractivity contribution is 5.72. The summed E-state index contributed by atoms with van der Waals surface area (Å²) in [4.78, 5) is 22.6. The topological polar surface area (TPSA) is 55.3 Å². The molecule has 0 aromatic carbocycles. The van der Waals surface area contributed by atoms with Gasteiger partial charge in [-0.25, -0.2) is 9.97 Å². The van der Waals surface area contributed by atoms with Crippen LogP contribution in [0.2, 0.25) is 0 Å². The maximum absolute atomic E-state index is 11.4. The van der Waals surface area contributed by atoms with E-state index in [1.54, 1.807) is 0 Å². The maximum atomic E-state index is 11.4. The molecule has 1 aromatic heterocycles. The van der Waals surface area contributed by atoms with Crippen molar-refractivity contribution in [1.29, 1.82) is 0 Å². The standard InChI is InChI=1S/C14H19N3O2/c1-10-8-11(2)16-13(15-10)17-7-3-5-14(9-17)6-4-12(18)19-14/h8H,3-7,9H2,1-2H3/t14-/m0/s1. The number of esters is 1. The minimum absolute atomic E-state index is 0.0665. The van der Waals surface area contributed by atoms with E-state index in [1.165, 1.54) is 0 Å². The van der Waals surface area contributed by atoms with E-state index in [-0.39, 0.29) is 11.6 Å². The summed E-state index contributed by atoms with van der Waals surface area (Å²) in [6, 6.07) is 1.97. The Labute approximate surface area is 113 Å². The summed E-state index contributed by atoms with van der Waals surface area (Å²) in [5.74, 6) is 0.697. The molecule has 0 amide bonds. The lowest BCUT2D eigenvalue weighted by Crippen LogP contribution is -2.48. The molecule has 0 radical (unpaired) electrons. The largest absolute Gasteiger partial charge is 0.457 e. The van der Waals surface area contributed by atoms with Gasteiger partial charge in [-0.05, 0) is 39.2 Å².